The number of hydrogen-bond acceptors (Lipinski definition) is 6. The summed E-state index contributed by atoms with van der Waals surface area (Å²) >= 11 is 1.69. The number of fused-ring (bicyclic) bond motifs is 2. The molecule has 0 aromatic carbocycles. The smallest absolute Gasteiger partial charge is 0.227 e. The molecule has 7 rings (SSSR count). The van der Waals surface area contributed by atoms with Crippen LogP contribution >= 0.6 is 11.3 Å². The number of pyridine rings is 3. The van der Waals surface area contributed by atoms with E-state index in [2.05, 4.69) is 59.0 Å². The summed E-state index contributed by atoms with van der Waals surface area (Å²) in [5.41, 5.74) is 6.92. The molecule has 38 heavy (non-hydrogen) atoms. The number of thiophene rings is 1. The Morgan fingerprint density at radius 3 is 2.68 bits per heavy atom. The molecular weight excluding hydrogens is 494 g/mol. The number of carbonyl (C=O) groups excluding carboxylic acids is 1. The van der Waals surface area contributed by atoms with Crippen molar-refractivity contribution in [3.8, 4) is 33.0 Å². The third-order valence-corrected chi connectivity index (χ3v) is 8.22. The molecule has 1 aliphatic rings. The Morgan fingerprint density at radius 2 is 1.82 bits per heavy atom. The van der Waals surface area contributed by atoms with Crippen LogP contribution in [0.5, 0.6) is 0 Å². The first-order valence-electron chi connectivity index (χ1n) is 12.8. The molecule has 1 amide bonds. The molecule has 0 aliphatic heterocycles. The highest BCUT2D eigenvalue weighted by Gasteiger charge is 2.21. The van der Waals surface area contributed by atoms with Crippen LogP contribution in [-0.2, 0) is 4.79 Å². The van der Waals surface area contributed by atoms with Crippen LogP contribution in [0.25, 0.3) is 54.9 Å². The van der Waals surface area contributed by atoms with Crippen LogP contribution < -0.4 is 5.32 Å². The summed E-state index contributed by atoms with van der Waals surface area (Å²) in [6.45, 7) is 0. The molecule has 188 valence electrons. The number of aromatic nitrogens is 6. The van der Waals surface area contributed by atoms with Crippen molar-refractivity contribution in [1.82, 2.24) is 30.1 Å². The van der Waals surface area contributed by atoms with Gasteiger partial charge in [-0.3, -0.25) is 19.9 Å². The molecule has 1 aliphatic carbocycles. The lowest BCUT2D eigenvalue weighted by Gasteiger charge is -2.20. The minimum absolute atomic E-state index is 0.0876. The average molecular weight is 520 g/mol. The molecule has 0 bridgehead atoms. The predicted octanol–water partition coefficient (Wildman–Crippen LogP) is 6.81. The molecule has 0 atom stereocenters. The maximum absolute atomic E-state index is 12.8. The van der Waals surface area contributed by atoms with Crippen LogP contribution in [0.3, 0.4) is 0 Å². The quantitative estimate of drug-likeness (QED) is 0.232. The Kier molecular flexibility index (Phi) is 5.70. The maximum atomic E-state index is 12.8. The van der Waals surface area contributed by atoms with Crippen molar-refractivity contribution in [2.24, 2.45) is 5.92 Å². The second-order valence-corrected chi connectivity index (χ2v) is 10.7. The third kappa shape index (κ3) is 4.14. The van der Waals surface area contributed by atoms with Crippen molar-refractivity contribution in [2.45, 2.75) is 32.1 Å². The zero-order valence-corrected chi connectivity index (χ0v) is 21.4. The molecule has 0 radical (unpaired) electrons. The summed E-state index contributed by atoms with van der Waals surface area (Å²) < 4.78 is 0. The van der Waals surface area contributed by atoms with Gasteiger partial charge in [-0.1, -0.05) is 25.3 Å². The lowest BCUT2D eigenvalue weighted by atomic mass is 9.88. The summed E-state index contributed by atoms with van der Waals surface area (Å²) in [6, 6.07) is 10.3. The Bertz CT molecular complexity index is 1760. The van der Waals surface area contributed by atoms with Crippen molar-refractivity contribution in [2.75, 3.05) is 5.32 Å². The van der Waals surface area contributed by atoms with E-state index in [1.54, 1.807) is 29.9 Å². The van der Waals surface area contributed by atoms with Gasteiger partial charge in [0.2, 0.25) is 5.91 Å². The molecule has 6 aromatic heterocycles. The highest BCUT2D eigenvalue weighted by Crippen LogP contribution is 2.36. The highest BCUT2D eigenvalue weighted by atomic mass is 32.1. The van der Waals surface area contributed by atoms with Crippen LogP contribution in [0.4, 0.5) is 5.69 Å². The Morgan fingerprint density at radius 1 is 0.947 bits per heavy atom. The van der Waals surface area contributed by atoms with Crippen LogP contribution in [0.15, 0.2) is 66.7 Å². The molecule has 9 heteroatoms. The van der Waals surface area contributed by atoms with Crippen molar-refractivity contribution in [3.05, 3.63) is 66.7 Å². The minimum Gasteiger partial charge on any atom is -0.352 e. The Balaban J connectivity index is 1.23. The number of rotatable bonds is 5. The van der Waals surface area contributed by atoms with Gasteiger partial charge in [0.05, 0.1) is 29.3 Å². The third-order valence-electron chi connectivity index (χ3n) is 7.32. The largest absolute Gasteiger partial charge is 0.352 e. The van der Waals surface area contributed by atoms with Gasteiger partial charge in [-0.15, -0.1) is 11.3 Å². The number of H-pyrrole nitrogens is 2. The number of hydrogen-bond donors (Lipinski definition) is 3. The van der Waals surface area contributed by atoms with Crippen molar-refractivity contribution < 1.29 is 4.79 Å². The van der Waals surface area contributed by atoms with Crippen molar-refractivity contribution in [3.63, 3.8) is 0 Å². The first kappa shape index (κ1) is 22.8. The molecule has 0 saturated heterocycles. The zero-order valence-electron chi connectivity index (χ0n) is 20.6. The van der Waals surface area contributed by atoms with Crippen LogP contribution in [0.1, 0.15) is 32.1 Å². The SMILES string of the molecule is O=C(Nc1cncc(-c2cnc3[nH]nc(-c4cc5c(-c6cccs6)cncc5[nH]4)c3c2)c1)C1CCCCC1. The molecule has 8 nitrogen and oxygen atoms in total. The van der Waals surface area contributed by atoms with Gasteiger partial charge in [-0.25, -0.2) is 4.98 Å². The average Bonchev–Trinajstić information content (AvgIpc) is 3.73. The van der Waals surface area contributed by atoms with E-state index in [9.17, 15) is 4.79 Å². The molecule has 6 heterocycles. The Labute approximate surface area is 222 Å². The fourth-order valence-electron chi connectivity index (χ4n) is 5.35. The van der Waals surface area contributed by atoms with Gasteiger partial charge in [0.15, 0.2) is 5.65 Å². The number of nitrogens with one attached hydrogen (secondary N) is 3. The lowest BCUT2D eigenvalue weighted by Crippen LogP contribution is -2.24. The normalized spacial score (nSPS) is 14.3. The summed E-state index contributed by atoms with van der Waals surface area (Å²) in [7, 11) is 0. The van der Waals surface area contributed by atoms with E-state index in [0.29, 0.717) is 11.3 Å². The van der Waals surface area contributed by atoms with Gasteiger partial charge in [-0.2, -0.15) is 5.10 Å². The van der Waals surface area contributed by atoms with Gasteiger partial charge >= 0.3 is 0 Å². The fourth-order valence-corrected chi connectivity index (χ4v) is 6.10. The van der Waals surface area contributed by atoms with Gasteiger partial charge in [0.25, 0.3) is 0 Å². The van der Waals surface area contributed by atoms with E-state index in [1.807, 2.05) is 24.5 Å². The van der Waals surface area contributed by atoms with Gasteiger partial charge < -0.3 is 10.3 Å². The van der Waals surface area contributed by atoms with E-state index < -0.39 is 0 Å². The maximum Gasteiger partial charge on any atom is 0.227 e. The minimum atomic E-state index is 0.0876. The summed E-state index contributed by atoms with van der Waals surface area (Å²) in [4.78, 5) is 30.9. The van der Waals surface area contributed by atoms with E-state index in [4.69, 9.17) is 0 Å². The lowest BCUT2D eigenvalue weighted by molar-refractivity contribution is -0.120. The van der Waals surface area contributed by atoms with Crippen molar-refractivity contribution in [1.29, 1.82) is 0 Å². The molecule has 0 unspecified atom stereocenters. The van der Waals surface area contributed by atoms with E-state index >= 15 is 0 Å². The summed E-state index contributed by atoms with van der Waals surface area (Å²) in [5, 5.41) is 14.8. The number of carbonyl (C=O) groups is 1. The van der Waals surface area contributed by atoms with Gasteiger partial charge in [0.1, 0.15) is 5.69 Å². The zero-order chi connectivity index (χ0) is 25.5. The molecule has 1 saturated carbocycles. The topological polar surface area (TPSA) is 112 Å². The number of nitrogens with zero attached hydrogens (tertiary/aromatic N) is 4. The van der Waals surface area contributed by atoms with Crippen LogP contribution in [0, 0.1) is 5.92 Å². The molecule has 0 spiro atoms. The van der Waals surface area contributed by atoms with Crippen LogP contribution in [0.2, 0.25) is 0 Å². The summed E-state index contributed by atoms with van der Waals surface area (Å²) in [5.74, 6) is 0.176. The second kappa shape index (κ2) is 9.50. The number of anilines is 1. The summed E-state index contributed by atoms with van der Waals surface area (Å²) in [6.07, 6.45) is 14.4. The van der Waals surface area contributed by atoms with E-state index in [-0.39, 0.29) is 11.8 Å². The van der Waals surface area contributed by atoms with E-state index in [1.165, 1.54) is 11.3 Å². The van der Waals surface area contributed by atoms with Gasteiger partial charge in [-0.05, 0) is 42.5 Å². The predicted molar refractivity (Wildman–Crippen MR) is 151 cm³/mol. The molecule has 1 fully saturated rings. The fraction of sp³-hybridized carbons (Fsp3) is 0.207. The van der Waals surface area contributed by atoms with Crippen molar-refractivity contribution >= 4 is 44.9 Å². The molecule has 6 aromatic rings. The first-order chi connectivity index (χ1) is 18.7. The van der Waals surface area contributed by atoms with E-state index in [0.717, 1.165) is 70.1 Å². The highest BCUT2D eigenvalue weighted by molar-refractivity contribution is 7.13. The standard InChI is InChI=1S/C29H25N7OS/c37-29(17-5-2-1-3-6-17)33-20-9-18(12-30-14-20)19-10-22-27(35-36-28(22)32-13-19)24-11-21-23(26-7-4-8-38-26)15-31-16-25(21)34-24/h4,7-17,34H,1-3,5-6H2,(H,33,37)(H,32,35,36). The van der Waals surface area contributed by atoms with Crippen LogP contribution in [-0.4, -0.2) is 36.0 Å². The monoisotopic (exact) mass is 519 g/mol. The second-order valence-electron chi connectivity index (χ2n) is 9.79. The Hall–Kier alpha value is -4.37. The van der Waals surface area contributed by atoms with Gasteiger partial charge in [0, 0.05) is 56.8 Å². The first-order valence-corrected chi connectivity index (χ1v) is 13.7. The molecular formula is C29H25N7OS. The molecule has 3 N–H and O–H groups in total. The number of aromatic amines is 2. The number of amides is 1.